The lowest BCUT2D eigenvalue weighted by Crippen LogP contribution is -2.67. The Morgan fingerprint density at radius 2 is 1.09 bits per heavy atom. The molecular formula is C24H38O22. The van der Waals surface area contributed by atoms with Crippen molar-refractivity contribution in [2.24, 2.45) is 0 Å². The summed E-state index contributed by atoms with van der Waals surface area (Å²) in [6, 6.07) is 0. The Kier molecular flexibility index (Phi) is 12.0. The second-order valence-corrected chi connectivity index (χ2v) is 11.2. The minimum absolute atomic E-state index is 1.00. The number of hydrogen-bond donors (Lipinski definition) is 14. The highest BCUT2D eigenvalue weighted by Gasteiger charge is 2.61. The molecule has 0 radical (unpaired) electrons. The zero-order valence-electron chi connectivity index (χ0n) is 23.7. The molecule has 0 aromatic heterocycles. The molecule has 3 rings (SSSR count). The molecule has 0 saturated carbocycles. The number of carboxylic acids is 3. The maximum atomic E-state index is 12.5. The standard InChI is InChI=1S/C24H38O22/c25-4-9(29)16-13(32)7(27)1-23(45-16,20(37)38)42-6-11(31)18-14(33)8(28)2-24(46-18,21(39)40)43-12-3-22(41,19(35)36)44-17(15(12)34)10(30)5-26/h7-18,25-34,41H,1-6H2,(H,35,36)(H,37,38)(H,39,40)/t7-,8-,9-,10-,11-,12-,13-,14-,15-,16-,17-,18-,22-,23-,24-/m1/s1. The van der Waals surface area contributed by atoms with Gasteiger partial charge < -0.3 is 95.2 Å². The number of aliphatic hydroxyl groups excluding tert-OH is 10. The average Bonchev–Trinajstić information content (AvgIpc) is 2.99. The molecular weight excluding hydrogens is 640 g/mol. The van der Waals surface area contributed by atoms with Crippen molar-refractivity contribution in [3.63, 3.8) is 0 Å². The van der Waals surface area contributed by atoms with Crippen LogP contribution in [0.2, 0.25) is 0 Å². The van der Waals surface area contributed by atoms with E-state index in [2.05, 4.69) is 0 Å². The second-order valence-electron chi connectivity index (χ2n) is 11.2. The molecule has 15 atom stereocenters. The highest BCUT2D eigenvalue weighted by atomic mass is 16.8. The van der Waals surface area contributed by atoms with Crippen LogP contribution in [0.5, 0.6) is 0 Å². The van der Waals surface area contributed by atoms with E-state index in [1.165, 1.54) is 0 Å². The zero-order valence-corrected chi connectivity index (χ0v) is 23.7. The third-order valence-electron chi connectivity index (χ3n) is 7.92. The summed E-state index contributed by atoms with van der Waals surface area (Å²) < 4.78 is 25.9. The van der Waals surface area contributed by atoms with Gasteiger partial charge in [0.15, 0.2) is 0 Å². The van der Waals surface area contributed by atoms with Gasteiger partial charge >= 0.3 is 17.9 Å². The smallest absolute Gasteiger partial charge is 0.364 e. The molecule has 0 bridgehead atoms. The van der Waals surface area contributed by atoms with E-state index in [0.29, 0.717) is 0 Å². The molecule has 46 heavy (non-hydrogen) atoms. The van der Waals surface area contributed by atoms with Crippen molar-refractivity contribution in [3.05, 3.63) is 0 Å². The first-order chi connectivity index (χ1) is 21.3. The molecule has 3 aliphatic rings. The van der Waals surface area contributed by atoms with E-state index in [0.717, 1.165) is 0 Å². The second kappa shape index (κ2) is 14.5. The Morgan fingerprint density at radius 1 is 0.652 bits per heavy atom. The van der Waals surface area contributed by atoms with Crippen LogP contribution in [0.25, 0.3) is 0 Å². The predicted molar refractivity (Wildman–Crippen MR) is 135 cm³/mol. The number of ether oxygens (including phenoxy) is 5. The Labute approximate surface area is 257 Å². The molecule has 3 aliphatic heterocycles. The first kappa shape index (κ1) is 38.2. The van der Waals surface area contributed by atoms with Crippen LogP contribution in [0.15, 0.2) is 0 Å². The monoisotopic (exact) mass is 678 g/mol. The average molecular weight is 679 g/mol. The Bertz CT molecular complexity index is 1090. The molecule has 0 aromatic carbocycles. The lowest BCUT2D eigenvalue weighted by atomic mass is 9.90. The van der Waals surface area contributed by atoms with Crippen LogP contribution in [0.3, 0.4) is 0 Å². The highest BCUT2D eigenvalue weighted by Crippen LogP contribution is 2.39. The Morgan fingerprint density at radius 3 is 1.54 bits per heavy atom. The quantitative estimate of drug-likeness (QED) is 0.0859. The molecule has 266 valence electrons. The summed E-state index contributed by atoms with van der Waals surface area (Å²) >= 11 is 0. The van der Waals surface area contributed by atoms with Crippen molar-refractivity contribution in [1.82, 2.24) is 0 Å². The summed E-state index contributed by atoms with van der Waals surface area (Å²) in [6.45, 7) is -3.40. The largest absolute Gasteiger partial charge is 0.477 e. The lowest BCUT2D eigenvalue weighted by molar-refractivity contribution is -0.372. The normalized spacial score (nSPS) is 43.8. The Hall–Kier alpha value is -2.23. The highest BCUT2D eigenvalue weighted by molar-refractivity contribution is 5.77. The number of carboxylic acid groups (broad SMARTS) is 3. The van der Waals surface area contributed by atoms with Gasteiger partial charge in [0.1, 0.15) is 54.9 Å². The number of aliphatic hydroxyl groups is 11. The van der Waals surface area contributed by atoms with Crippen molar-refractivity contribution in [2.45, 2.75) is 110 Å². The SMILES string of the molecule is O=C(O)[C@@]1(O[C@@H]2C[C@](O)(C(=O)O)O[C@H]([C@H](O)CO)[C@@H]2O)C[C@@H](O)[C@@H](O)[C@@H]([C@H](O)CO[C@]2(C(=O)O)C[C@@H](O)[C@@H](O)[C@@H]([C@H](O)CO)O2)O1. The molecule has 14 N–H and O–H groups in total. The first-order valence-corrected chi connectivity index (χ1v) is 13.7. The van der Waals surface area contributed by atoms with E-state index in [1.807, 2.05) is 0 Å². The molecule has 0 unspecified atom stereocenters. The summed E-state index contributed by atoms with van der Waals surface area (Å²) in [4.78, 5) is 36.3. The maximum absolute atomic E-state index is 12.5. The van der Waals surface area contributed by atoms with Gasteiger partial charge in [0.25, 0.3) is 17.4 Å². The van der Waals surface area contributed by atoms with Crippen LogP contribution in [0.4, 0.5) is 0 Å². The van der Waals surface area contributed by atoms with Crippen LogP contribution in [-0.4, -0.2) is 200 Å². The molecule has 3 saturated heterocycles. The number of rotatable bonds is 13. The molecule has 0 aliphatic carbocycles. The fourth-order valence-electron chi connectivity index (χ4n) is 5.34. The lowest BCUT2D eigenvalue weighted by Gasteiger charge is -2.49. The van der Waals surface area contributed by atoms with Gasteiger partial charge in [0, 0.05) is 19.3 Å². The number of aliphatic carboxylic acids is 3. The van der Waals surface area contributed by atoms with Crippen molar-refractivity contribution in [3.8, 4) is 0 Å². The molecule has 0 spiro atoms. The molecule has 22 nitrogen and oxygen atoms in total. The first-order valence-electron chi connectivity index (χ1n) is 13.7. The number of hydrogen-bond acceptors (Lipinski definition) is 19. The van der Waals surface area contributed by atoms with E-state index in [9.17, 15) is 85.9 Å². The molecule has 3 fully saturated rings. The topological polar surface area (TPSA) is 381 Å². The minimum Gasteiger partial charge on any atom is -0.477 e. The zero-order chi connectivity index (χ0) is 34.9. The van der Waals surface area contributed by atoms with Gasteiger partial charge in [-0.2, -0.15) is 0 Å². The maximum Gasteiger partial charge on any atom is 0.364 e. The third kappa shape index (κ3) is 7.41. The summed E-state index contributed by atoms with van der Waals surface area (Å²) in [5.74, 6) is -15.4. The van der Waals surface area contributed by atoms with Gasteiger partial charge in [0.2, 0.25) is 0 Å². The van der Waals surface area contributed by atoms with E-state index >= 15 is 0 Å². The summed E-state index contributed by atoms with van der Waals surface area (Å²) in [7, 11) is 0. The third-order valence-corrected chi connectivity index (χ3v) is 7.92. The van der Waals surface area contributed by atoms with Gasteiger partial charge in [-0.25, -0.2) is 14.4 Å². The summed E-state index contributed by atoms with van der Waals surface area (Å²) in [6.07, 6.45) is -28.1. The van der Waals surface area contributed by atoms with Crippen LogP contribution < -0.4 is 0 Å². The van der Waals surface area contributed by atoms with Crippen LogP contribution in [-0.2, 0) is 38.1 Å². The minimum atomic E-state index is -3.21. The molecule has 0 aromatic rings. The van der Waals surface area contributed by atoms with Gasteiger partial charge in [0.05, 0.1) is 38.1 Å². The molecule has 3 heterocycles. The number of carbonyl (C=O) groups is 3. The van der Waals surface area contributed by atoms with Crippen molar-refractivity contribution < 1.29 is 110 Å². The fourth-order valence-corrected chi connectivity index (χ4v) is 5.34. The predicted octanol–water partition coefficient (Wildman–Crippen LogP) is -8.04. The van der Waals surface area contributed by atoms with Crippen LogP contribution in [0.1, 0.15) is 19.3 Å². The van der Waals surface area contributed by atoms with E-state index in [4.69, 9.17) is 23.7 Å². The Balaban J connectivity index is 1.88. The van der Waals surface area contributed by atoms with Crippen LogP contribution >= 0.6 is 0 Å². The summed E-state index contributed by atoms with van der Waals surface area (Å²) in [5, 5.41) is 141. The van der Waals surface area contributed by atoms with E-state index < -0.39 is 148 Å². The van der Waals surface area contributed by atoms with E-state index in [1.54, 1.807) is 0 Å². The molecule has 22 heteroatoms. The van der Waals surface area contributed by atoms with Crippen molar-refractivity contribution in [1.29, 1.82) is 0 Å². The van der Waals surface area contributed by atoms with E-state index in [-0.39, 0.29) is 0 Å². The van der Waals surface area contributed by atoms with Gasteiger partial charge in [-0.05, 0) is 0 Å². The van der Waals surface area contributed by atoms with Crippen LogP contribution in [0, 0.1) is 0 Å². The fraction of sp³-hybridized carbons (Fsp3) is 0.875. The van der Waals surface area contributed by atoms with Gasteiger partial charge in [-0.3, -0.25) is 0 Å². The molecule has 0 amide bonds. The van der Waals surface area contributed by atoms with Crippen molar-refractivity contribution >= 4 is 17.9 Å². The summed E-state index contributed by atoms with van der Waals surface area (Å²) in [5.41, 5.74) is 0. The van der Waals surface area contributed by atoms with Gasteiger partial charge in [-0.1, -0.05) is 0 Å². The van der Waals surface area contributed by atoms with Gasteiger partial charge in [-0.15, -0.1) is 0 Å². The van der Waals surface area contributed by atoms with Crippen molar-refractivity contribution in [2.75, 3.05) is 19.8 Å².